The van der Waals surface area contributed by atoms with Crippen LogP contribution < -0.4 is 11.5 Å². The SMILES string of the molecule is CCC(CC)(CN)CCCN. The van der Waals surface area contributed by atoms with Gasteiger partial charge in [-0.2, -0.15) is 0 Å². The minimum atomic E-state index is 0.374. The van der Waals surface area contributed by atoms with E-state index in [-0.39, 0.29) is 0 Å². The molecule has 0 bridgehead atoms. The van der Waals surface area contributed by atoms with Crippen molar-refractivity contribution in [2.45, 2.75) is 39.5 Å². The van der Waals surface area contributed by atoms with Crippen molar-refractivity contribution >= 4 is 0 Å². The number of nitrogens with two attached hydrogens (primary N) is 2. The Morgan fingerprint density at radius 3 is 1.91 bits per heavy atom. The average molecular weight is 158 g/mol. The largest absolute Gasteiger partial charge is 0.330 e. The summed E-state index contributed by atoms with van der Waals surface area (Å²) in [4.78, 5) is 0. The number of hydrogen-bond acceptors (Lipinski definition) is 2. The Morgan fingerprint density at radius 1 is 1.09 bits per heavy atom. The Hall–Kier alpha value is -0.0800. The van der Waals surface area contributed by atoms with Crippen molar-refractivity contribution in [3.63, 3.8) is 0 Å². The highest BCUT2D eigenvalue weighted by molar-refractivity contribution is 4.77. The zero-order valence-electron chi connectivity index (χ0n) is 7.90. The van der Waals surface area contributed by atoms with Crippen LogP contribution in [0.25, 0.3) is 0 Å². The average Bonchev–Trinajstić information content (AvgIpc) is 2.08. The summed E-state index contributed by atoms with van der Waals surface area (Å²) in [5, 5.41) is 0. The molecule has 0 aliphatic heterocycles. The van der Waals surface area contributed by atoms with Crippen LogP contribution in [0.3, 0.4) is 0 Å². The molecule has 0 aromatic carbocycles. The van der Waals surface area contributed by atoms with Gasteiger partial charge in [-0.3, -0.25) is 0 Å². The maximum Gasteiger partial charge on any atom is -0.00207 e. The third-order valence-corrected chi connectivity index (χ3v) is 2.84. The second-order valence-electron chi connectivity index (χ2n) is 3.30. The van der Waals surface area contributed by atoms with Gasteiger partial charge >= 0.3 is 0 Å². The summed E-state index contributed by atoms with van der Waals surface area (Å²) < 4.78 is 0. The molecule has 11 heavy (non-hydrogen) atoms. The topological polar surface area (TPSA) is 52.0 Å². The first-order chi connectivity index (χ1) is 5.24. The summed E-state index contributed by atoms with van der Waals surface area (Å²) in [6, 6.07) is 0. The predicted molar refractivity (Wildman–Crippen MR) is 50.4 cm³/mol. The van der Waals surface area contributed by atoms with Gasteiger partial charge in [-0.25, -0.2) is 0 Å². The van der Waals surface area contributed by atoms with Crippen molar-refractivity contribution in [3.05, 3.63) is 0 Å². The van der Waals surface area contributed by atoms with Crippen LogP contribution in [0.2, 0.25) is 0 Å². The molecule has 0 radical (unpaired) electrons. The fraction of sp³-hybridized carbons (Fsp3) is 1.00. The lowest BCUT2D eigenvalue weighted by Crippen LogP contribution is -2.29. The van der Waals surface area contributed by atoms with Gasteiger partial charge in [0.2, 0.25) is 0 Å². The van der Waals surface area contributed by atoms with Crippen molar-refractivity contribution in [1.82, 2.24) is 0 Å². The van der Waals surface area contributed by atoms with Crippen molar-refractivity contribution in [2.24, 2.45) is 16.9 Å². The molecule has 0 saturated heterocycles. The van der Waals surface area contributed by atoms with Crippen LogP contribution in [0, 0.1) is 5.41 Å². The van der Waals surface area contributed by atoms with Gasteiger partial charge in [0.15, 0.2) is 0 Å². The van der Waals surface area contributed by atoms with Crippen molar-refractivity contribution in [3.8, 4) is 0 Å². The molecule has 2 heteroatoms. The molecule has 0 atom stereocenters. The Labute approximate surface area is 70.3 Å². The van der Waals surface area contributed by atoms with Crippen molar-refractivity contribution in [2.75, 3.05) is 13.1 Å². The normalized spacial score (nSPS) is 12.0. The van der Waals surface area contributed by atoms with E-state index < -0.39 is 0 Å². The first kappa shape index (κ1) is 10.9. The smallest absolute Gasteiger partial charge is 0.00207 e. The molecule has 0 rings (SSSR count). The molecule has 0 aromatic heterocycles. The molecule has 0 unspecified atom stereocenters. The molecule has 0 heterocycles. The van der Waals surface area contributed by atoms with E-state index in [9.17, 15) is 0 Å². The number of hydrogen-bond donors (Lipinski definition) is 2. The van der Waals surface area contributed by atoms with E-state index in [4.69, 9.17) is 11.5 Å². The lowest BCUT2D eigenvalue weighted by molar-refractivity contribution is 0.245. The van der Waals surface area contributed by atoms with E-state index in [1.54, 1.807) is 0 Å². The Balaban J connectivity index is 3.84. The molecule has 0 aliphatic rings. The monoisotopic (exact) mass is 158 g/mol. The highest BCUT2D eigenvalue weighted by Gasteiger charge is 2.22. The Bertz CT molecular complexity index is 79.3. The van der Waals surface area contributed by atoms with Crippen LogP contribution in [-0.2, 0) is 0 Å². The van der Waals surface area contributed by atoms with Crippen molar-refractivity contribution < 1.29 is 0 Å². The van der Waals surface area contributed by atoms with Gasteiger partial charge in [-0.1, -0.05) is 13.8 Å². The number of rotatable bonds is 6. The van der Waals surface area contributed by atoms with Gasteiger partial charge in [0.1, 0.15) is 0 Å². The predicted octanol–water partition coefficient (Wildman–Crippen LogP) is 1.49. The van der Waals surface area contributed by atoms with Crippen LogP contribution in [0.4, 0.5) is 0 Å². The second kappa shape index (κ2) is 5.56. The summed E-state index contributed by atoms with van der Waals surface area (Å²) in [6.45, 7) is 6.03. The summed E-state index contributed by atoms with van der Waals surface area (Å²) in [5.74, 6) is 0. The van der Waals surface area contributed by atoms with E-state index in [2.05, 4.69) is 13.8 Å². The molecular weight excluding hydrogens is 136 g/mol. The molecule has 0 aliphatic carbocycles. The van der Waals surface area contributed by atoms with Crippen molar-refractivity contribution in [1.29, 1.82) is 0 Å². The van der Waals surface area contributed by atoms with Gasteiger partial charge in [-0.15, -0.1) is 0 Å². The highest BCUT2D eigenvalue weighted by Crippen LogP contribution is 2.29. The quantitative estimate of drug-likeness (QED) is 0.615. The van der Waals surface area contributed by atoms with E-state index in [1.807, 2.05) is 0 Å². The third-order valence-electron chi connectivity index (χ3n) is 2.84. The highest BCUT2D eigenvalue weighted by atomic mass is 14.6. The van der Waals surface area contributed by atoms with Crippen LogP contribution in [-0.4, -0.2) is 13.1 Å². The molecule has 68 valence electrons. The van der Waals surface area contributed by atoms with E-state index in [1.165, 1.54) is 19.3 Å². The fourth-order valence-electron chi connectivity index (χ4n) is 1.47. The molecular formula is C9H22N2. The van der Waals surface area contributed by atoms with Gasteiger partial charge in [0.05, 0.1) is 0 Å². The molecule has 0 spiro atoms. The fourth-order valence-corrected chi connectivity index (χ4v) is 1.47. The van der Waals surface area contributed by atoms with E-state index in [0.717, 1.165) is 19.5 Å². The minimum Gasteiger partial charge on any atom is -0.330 e. The van der Waals surface area contributed by atoms with Crippen LogP contribution in [0.1, 0.15) is 39.5 Å². The molecule has 0 aromatic rings. The van der Waals surface area contributed by atoms with Crippen LogP contribution in [0.15, 0.2) is 0 Å². The lowest BCUT2D eigenvalue weighted by atomic mass is 9.78. The van der Waals surface area contributed by atoms with E-state index >= 15 is 0 Å². The standard InChI is InChI=1S/C9H22N2/c1-3-9(4-2,8-11)6-5-7-10/h3-8,10-11H2,1-2H3. The molecule has 4 N–H and O–H groups in total. The zero-order valence-corrected chi connectivity index (χ0v) is 7.90. The molecule has 0 saturated carbocycles. The van der Waals surface area contributed by atoms with Gasteiger partial charge < -0.3 is 11.5 Å². The first-order valence-electron chi connectivity index (χ1n) is 4.64. The summed E-state index contributed by atoms with van der Waals surface area (Å²) in [7, 11) is 0. The summed E-state index contributed by atoms with van der Waals surface area (Å²) in [5.41, 5.74) is 11.6. The van der Waals surface area contributed by atoms with E-state index in [0.29, 0.717) is 5.41 Å². The van der Waals surface area contributed by atoms with Crippen LogP contribution >= 0.6 is 0 Å². The maximum atomic E-state index is 5.73. The summed E-state index contributed by atoms with van der Waals surface area (Å²) in [6.07, 6.45) is 4.66. The summed E-state index contributed by atoms with van der Waals surface area (Å²) >= 11 is 0. The Kier molecular flexibility index (Phi) is 5.51. The molecule has 0 amide bonds. The third kappa shape index (κ3) is 3.21. The minimum absolute atomic E-state index is 0.374. The molecule has 2 nitrogen and oxygen atoms in total. The van der Waals surface area contributed by atoms with Gasteiger partial charge in [0, 0.05) is 0 Å². The molecule has 0 fully saturated rings. The maximum absolute atomic E-state index is 5.73. The Morgan fingerprint density at radius 2 is 1.64 bits per heavy atom. The van der Waals surface area contributed by atoms with Crippen LogP contribution in [0.5, 0.6) is 0 Å². The van der Waals surface area contributed by atoms with Gasteiger partial charge in [0.25, 0.3) is 0 Å². The zero-order chi connectivity index (χ0) is 8.74. The first-order valence-corrected chi connectivity index (χ1v) is 4.64. The second-order valence-corrected chi connectivity index (χ2v) is 3.30. The lowest BCUT2D eigenvalue weighted by Gasteiger charge is -2.29. The van der Waals surface area contributed by atoms with Gasteiger partial charge in [-0.05, 0) is 44.2 Å².